The largest absolute Gasteiger partial charge is 0.321 e. The topological polar surface area (TPSA) is 42.0 Å². The van der Waals surface area contributed by atoms with E-state index >= 15 is 0 Å². The molecule has 0 radical (unpaired) electrons. The predicted molar refractivity (Wildman–Crippen MR) is 83.3 cm³/mol. The van der Waals surface area contributed by atoms with Crippen LogP contribution in [0.1, 0.15) is 27.3 Å². The summed E-state index contributed by atoms with van der Waals surface area (Å²) < 4.78 is 26.8. The number of rotatable bonds is 3. The standard InChI is InChI=1S/C13H11F2IN2OS/c1-3-10-17-6(2)12(20-10)13(19)18-7-4-8(14)11(16)9(15)5-7/h4-5H,3H2,1-2H3,(H,18,19). The van der Waals surface area contributed by atoms with Crippen LogP contribution in [0.2, 0.25) is 0 Å². The molecule has 1 heterocycles. The van der Waals surface area contributed by atoms with Crippen LogP contribution in [0.5, 0.6) is 0 Å². The summed E-state index contributed by atoms with van der Waals surface area (Å²) in [7, 11) is 0. The Bertz CT molecular complexity index is 649. The number of nitrogens with zero attached hydrogens (tertiary/aromatic N) is 1. The monoisotopic (exact) mass is 408 g/mol. The number of aryl methyl sites for hydroxylation is 2. The van der Waals surface area contributed by atoms with Crippen molar-refractivity contribution < 1.29 is 13.6 Å². The van der Waals surface area contributed by atoms with E-state index in [-0.39, 0.29) is 9.26 Å². The SMILES string of the molecule is CCc1nc(C)c(C(=O)Nc2cc(F)c(I)c(F)c2)s1. The lowest BCUT2D eigenvalue weighted by atomic mass is 10.3. The van der Waals surface area contributed by atoms with Crippen molar-refractivity contribution in [3.63, 3.8) is 0 Å². The van der Waals surface area contributed by atoms with Gasteiger partial charge in [0.1, 0.15) is 16.5 Å². The number of hydrogen-bond donors (Lipinski definition) is 1. The second kappa shape index (κ2) is 6.13. The summed E-state index contributed by atoms with van der Waals surface area (Å²) in [6.07, 6.45) is 0.742. The first-order chi connectivity index (χ1) is 9.42. The molecule has 20 heavy (non-hydrogen) atoms. The van der Waals surface area contributed by atoms with Crippen LogP contribution in [0.25, 0.3) is 0 Å². The molecular formula is C13H11F2IN2OS. The molecule has 2 rings (SSSR count). The zero-order chi connectivity index (χ0) is 14.9. The first kappa shape index (κ1) is 15.3. The second-order valence-electron chi connectivity index (χ2n) is 4.08. The van der Waals surface area contributed by atoms with Crippen molar-refractivity contribution in [1.82, 2.24) is 4.98 Å². The number of nitrogens with one attached hydrogen (secondary N) is 1. The third kappa shape index (κ3) is 3.14. The summed E-state index contributed by atoms with van der Waals surface area (Å²) in [5.74, 6) is -1.80. The van der Waals surface area contributed by atoms with E-state index in [0.717, 1.165) is 23.6 Å². The number of amides is 1. The van der Waals surface area contributed by atoms with E-state index in [4.69, 9.17) is 0 Å². The van der Waals surface area contributed by atoms with E-state index in [1.807, 2.05) is 6.92 Å². The lowest BCUT2D eigenvalue weighted by Gasteiger charge is -2.06. The normalized spacial score (nSPS) is 10.7. The van der Waals surface area contributed by atoms with Crippen LogP contribution in [0.15, 0.2) is 12.1 Å². The highest BCUT2D eigenvalue weighted by molar-refractivity contribution is 14.1. The van der Waals surface area contributed by atoms with E-state index in [1.165, 1.54) is 11.3 Å². The van der Waals surface area contributed by atoms with Gasteiger partial charge in [0.15, 0.2) is 0 Å². The van der Waals surface area contributed by atoms with Gasteiger partial charge in [0.25, 0.3) is 5.91 Å². The fraction of sp³-hybridized carbons (Fsp3) is 0.231. The van der Waals surface area contributed by atoms with Gasteiger partial charge in [-0.1, -0.05) is 6.92 Å². The first-order valence-corrected chi connectivity index (χ1v) is 7.74. The highest BCUT2D eigenvalue weighted by atomic mass is 127. The van der Waals surface area contributed by atoms with Gasteiger partial charge >= 0.3 is 0 Å². The summed E-state index contributed by atoms with van der Waals surface area (Å²) in [5, 5.41) is 3.35. The van der Waals surface area contributed by atoms with Crippen LogP contribution in [0.4, 0.5) is 14.5 Å². The van der Waals surface area contributed by atoms with E-state index < -0.39 is 17.5 Å². The van der Waals surface area contributed by atoms with Crippen molar-refractivity contribution >= 4 is 45.5 Å². The summed E-state index contributed by atoms with van der Waals surface area (Å²) >= 11 is 2.86. The van der Waals surface area contributed by atoms with Gasteiger partial charge < -0.3 is 5.32 Å². The van der Waals surface area contributed by atoms with Crippen LogP contribution in [-0.4, -0.2) is 10.9 Å². The van der Waals surface area contributed by atoms with E-state index in [1.54, 1.807) is 29.5 Å². The van der Waals surface area contributed by atoms with Crippen LogP contribution in [-0.2, 0) is 6.42 Å². The predicted octanol–water partition coefficient (Wildman–Crippen LogP) is 4.15. The Morgan fingerprint density at radius 3 is 2.50 bits per heavy atom. The van der Waals surface area contributed by atoms with Gasteiger partial charge in [-0.15, -0.1) is 11.3 Å². The van der Waals surface area contributed by atoms with Gasteiger partial charge in [-0.05, 0) is 48.1 Å². The quantitative estimate of drug-likeness (QED) is 0.613. The Morgan fingerprint density at radius 1 is 1.40 bits per heavy atom. The van der Waals surface area contributed by atoms with E-state index in [9.17, 15) is 13.6 Å². The first-order valence-electron chi connectivity index (χ1n) is 5.84. The third-order valence-electron chi connectivity index (χ3n) is 2.59. The average Bonchev–Trinajstić information content (AvgIpc) is 2.77. The summed E-state index contributed by atoms with van der Waals surface area (Å²) in [4.78, 5) is 16.8. The van der Waals surface area contributed by atoms with Gasteiger partial charge in [0, 0.05) is 5.69 Å². The van der Waals surface area contributed by atoms with Gasteiger partial charge in [-0.25, -0.2) is 13.8 Å². The Morgan fingerprint density at radius 2 is 2.00 bits per heavy atom. The molecule has 0 saturated heterocycles. The molecule has 0 atom stereocenters. The van der Waals surface area contributed by atoms with Crippen molar-refractivity contribution in [1.29, 1.82) is 0 Å². The molecule has 1 amide bonds. The van der Waals surface area contributed by atoms with E-state index in [0.29, 0.717) is 10.6 Å². The highest BCUT2D eigenvalue weighted by Crippen LogP contribution is 2.23. The van der Waals surface area contributed by atoms with Gasteiger partial charge in [0.05, 0.1) is 14.3 Å². The molecule has 3 nitrogen and oxygen atoms in total. The van der Waals surface area contributed by atoms with Crippen LogP contribution >= 0.6 is 33.9 Å². The molecule has 0 aliphatic heterocycles. The summed E-state index contributed by atoms with van der Waals surface area (Å²) in [6, 6.07) is 2.19. The molecule has 2 aromatic rings. The van der Waals surface area contributed by atoms with E-state index in [2.05, 4.69) is 10.3 Å². The molecule has 0 saturated carbocycles. The zero-order valence-corrected chi connectivity index (χ0v) is 13.7. The van der Waals surface area contributed by atoms with Crippen LogP contribution in [0.3, 0.4) is 0 Å². The van der Waals surface area contributed by atoms with Crippen molar-refractivity contribution in [2.24, 2.45) is 0 Å². The minimum absolute atomic E-state index is 0.0938. The fourth-order valence-electron chi connectivity index (χ4n) is 1.63. The van der Waals surface area contributed by atoms with Crippen LogP contribution < -0.4 is 5.32 Å². The molecule has 7 heteroatoms. The molecule has 1 N–H and O–H groups in total. The Balaban J connectivity index is 2.25. The molecule has 1 aromatic carbocycles. The Hall–Kier alpha value is -1.09. The summed E-state index contributed by atoms with van der Waals surface area (Å²) in [5.41, 5.74) is 0.715. The molecule has 106 valence electrons. The number of carbonyl (C=O) groups excluding carboxylic acids is 1. The lowest BCUT2D eigenvalue weighted by molar-refractivity contribution is 0.103. The maximum atomic E-state index is 13.4. The number of aromatic nitrogens is 1. The molecule has 0 fully saturated rings. The fourth-order valence-corrected chi connectivity index (χ4v) is 2.84. The minimum atomic E-state index is -0.698. The molecule has 0 aliphatic carbocycles. The maximum Gasteiger partial charge on any atom is 0.267 e. The van der Waals surface area contributed by atoms with Crippen molar-refractivity contribution in [2.75, 3.05) is 5.32 Å². The molecular weight excluding hydrogens is 397 g/mol. The number of benzene rings is 1. The highest BCUT2D eigenvalue weighted by Gasteiger charge is 2.16. The number of hydrogen-bond acceptors (Lipinski definition) is 3. The third-order valence-corrected chi connectivity index (χ3v) is 4.92. The summed E-state index contributed by atoms with van der Waals surface area (Å²) in [6.45, 7) is 3.68. The van der Waals surface area contributed by atoms with Crippen LogP contribution in [0, 0.1) is 22.1 Å². The van der Waals surface area contributed by atoms with Crippen molar-refractivity contribution in [2.45, 2.75) is 20.3 Å². The zero-order valence-electron chi connectivity index (χ0n) is 10.8. The molecule has 0 spiro atoms. The number of carbonyl (C=O) groups is 1. The minimum Gasteiger partial charge on any atom is -0.321 e. The van der Waals surface area contributed by atoms with Gasteiger partial charge in [0.2, 0.25) is 0 Å². The van der Waals surface area contributed by atoms with Crippen molar-refractivity contribution in [3.8, 4) is 0 Å². The molecule has 0 aliphatic rings. The van der Waals surface area contributed by atoms with Gasteiger partial charge in [-0.2, -0.15) is 0 Å². The Labute approximate surface area is 132 Å². The number of thiazole rings is 1. The maximum absolute atomic E-state index is 13.4. The smallest absolute Gasteiger partial charge is 0.267 e. The Kier molecular flexibility index (Phi) is 4.69. The average molecular weight is 408 g/mol. The molecule has 1 aromatic heterocycles. The number of anilines is 1. The van der Waals surface area contributed by atoms with Crippen molar-refractivity contribution in [3.05, 3.63) is 42.9 Å². The second-order valence-corrected chi connectivity index (χ2v) is 6.25. The molecule has 0 unspecified atom stereocenters. The number of halogens is 3. The lowest BCUT2D eigenvalue weighted by Crippen LogP contribution is -2.12. The van der Waals surface area contributed by atoms with Gasteiger partial charge in [-0.3, -0.25) is 4.79 Å². The molecule has 0 bridgehead atoms.